The number of thiocarbonyl (C=S) groups is 1. The van der Waals surface area contributed by atoms with E-state index in [2.05, 4.69) is 27.4 Å². The summed E-state index contributed by atoms with van der Waals surface area (Å²) in [5.41, 5.74) is 0. The molecule has 1 atom stereocenters. The molecule has 0 spiro atoms. The number of aromatic nitrogens is 2. The number of ether oxygens (including phenoxy) is 1. The van der Waals surface area contributed by atoms with Gasteiger partial charge in [-0.2, -0.15) is 9.97 Å². The largest absolute Gasteiger partial charge is 0.439 e. The van der Waals surface area contributed by atoms with Crippen LogP contribution >= 0.6 is 12.2 Å². The predicted octanol–water partition coefficient (Wildman–Crippen LogP) is 3.95. The van der Waals surface area contributed by atoms with Crippen molar-refractivity contribution < 1.29 is 4.74 Å². The summed E-state index contributed by atoms with van der Waals surface area (Å²) in [6.07, 6.45) is 4.76. The van der Waals surface area contributed by atoms with Crippen molar-refractivity contribution in [3.8, 4) is 11.6 Å². The summed E-state index contributed by atoms with van der Waals surface area (Å²) in [4.78, 5) is 11.5. The monoisotopic (exact) mass is 383 g/mol. The maximum absolute atomic E-state index is 5.97. The van der Waals surface area contributed by atoms with Crippen LogP contribution in [0.25, 0.3) is 0 Å². The van der Waals surface area contributed by atoms with Gasteiger partial charge in [-0.1, -0.05) is 25.1 Å². The molecule has 0 radical (unpaired) electrons. The van der Waals surface area contributed by atoms with Gasteiger partial charge in [0.25, 0.3) is 0 Å². The number of piperidine rings is 1. The highest BCUT2D eigenvalue weighted by Crippen LogP contribution is 2.28. The van der Waals surface area contributed by atoms with Crippen LogP contribution in [0.2, 0.25) is 0 Å². The van der Waals surface area contributed by atoms with Crippen LogP contribution in [0.1, 0.15) is 32.6 Å². The fourth-order valence-corrected chi connectivity index (χ4v) is 3.50. The zero-order valence-corrected chi connectivity index (χ0v) is 16.3. The molecule has 2 heterocycles. The van der Waals surface area contributed by atoms with Crippen molar-refractivity contribution in [1.82, 2.24) is 15.3 Å². The van der Waals surface area contributed by atoms with Gasteiger partial charge in [-0.3, -0.25) is 0 Å². The molecule has 1 aliphatic carbocycles. The number of nitrogens with one attached hydrogen (secondary N) is 2. The van der Waals surface area contributed by atoms with Gasteiger partial charge in [-0.15, -0.1) is 0 Å². The zero-order chi connectivity index (χ0) is 18.6. The number of nitrogens with zero attached hydrogens (tertiary/aromatic N) is 3. The molecule has 142 valence electrons. The fraction of sp³-hybridized carbons (Fsp3) is 0.450. The first-order chi connectivity index (χ1) is 13.2. The Morgan fingerprint density at radius 1 is 1.19 bits per heavy atom. The highest BCUT2D eigenvalue weighted by atomic mass is 32.1. The summed E-state index contributed by atoms with van der Waals surface area (Å²) in [6.45, 7) is 4.27. The molecule has 7 heteroatoms. The minimum Gasteiger partial charge on any atom is -0.439 e. The predicted molar refractivity (Wildman–Crippen MR) is 112 cm³/mol. The van der Waals surface area contributed by atoms with E-state index in [-0.39, 0.29) is 0 Å². The summed E-state index contributed by atoms with van der Waals surface area (Å²) < 4.78 is 5.97. The second-order valence-corrected chi connectivity index (χ2v) is 7.78. The maximum Gasteiger partial charge on any atom is 0.234 e. The first-order valence-electron chi connectivity index (χ1n) is 9.60. The van der Waals surface area contributed by atoms with Crippen molar-refractivity contribution in [3.05, 3.63) is 36.4 Å². The molecular formula is C20H25N5OS. The molecule has 1 aliphatic heterocycles. The normalized spacial score (nSPS) is 19.4. The highest BCUT2D eigenvalue weighted by Gasteiger charge is 2.23. The van der Waals surface area contributed by atoms with E-state index < -0.39 is 0 Å². The lowest BCUT2D eigenvalue weighted by Crippen LogP contribution is -2.35. The van der Waals surface area contributed by atoms with Crippen LogP contribution in [0.5, 0.6) is 11.6 Å². The fourth-order valence-electron chi connectivity index (χ4n) is 3.24. The summed E-state index contributed by atoms with van der Waals surface area (Å²) in [7, 11) is 0. The number of para-hydroxylation sites is 1. The average molecular weight is 384 g/mol. The maximum atomic E-state index is 5.97. The van der Waals surface area contributed by atoms with Gasteiger partial charge in [-0.05, 0) is 56.0 Å². The van der Waals surface area contributed by atoms with Crippen LogP contribution in [0, 0.1) is 5.92 Å². The Labute approximate surface area is 165 Å². The van der Waals surface area contributed by atoms with Gasteiger partial charge >= 0.3 is 0 Å². The topological polar surface area (TPSA) is 62.3 Å². The van der Waals surface area contributed by atoms with Gasteiger partial charge in [0.2, 0.25) is 11.8 Å². The lowest BCUT2D eigenvalue weighted by molar-refractivity contribution is 0.440. The third kappa shape index (κ3) is 5.07. The number of benzene rings is 1. The van der Waals surface area contributed by atoms with Gasteiger partial charge in [0.05, 0.1) is 0 Å². The van der Waals surface area contributed by atoms with Crippen LogP contribution in [-0.4, -0.2) is 34.2 Å². The second-order valence-electron chi connectivity index (χ2n) is 7.37. The van der Waals surface area contributed by atoms with Crippen molar-refractivity contribution in [3.63, 3.8) is 0 Å². The van der Waals surface area contributed by atoms with Gasteiger partial charge < -0.3 is 20.3 Å². The number of anilines is 2. The van der Waals surface area contributed by atoms with Crippen molar-refractivity contribution in [2.24, 2.45) is 5.92 Å². The van der Waals surface area contributed by atoms with Crippen LogP contribution in [0.3, 0.4) is 0 Å². The van der Waals surface area contributed by atoms with Crippen molar-refractivity contribution in [1.29, 1.82) is 0 Å². The summed E-state index contributed by atoms with van der Waals surface area (Å²) in [5.74, 6) is 3.26. The van der Waals surface area contributed by atoms with Crippen LogP contribution in [0.4, 0.5) is 11.8 Å². The molecule has 2 aliphatic rings. The van der Waals surface area contributed by atoms with E-state index in [9.17, 15) is 0 Å². The highest BCUT2D eigenvalue weighted by molar-refractivity contribution is 7.80. The van der Waals surface area contributed by atoms with E-state index in [0.717, 1.165) is 37.5 Å². The Morgan fingerprint density at radius 2 is 2.00 bits per heavy atom. The van der Waals surface area contributed by atoms with E-state index >= 15 is 0 Å². The van der Waals surface area contributed by atoms with Gasteiger partial charge in [0, 0.05) is 25.2 Å². The molecule has 27 heavy (non-hydrogen) atoms. The van der Waals surface area contributed by atoms with E-state index in [4.69, 9.17) is 21.9 Å². The molecule has 0 unspecified atom stereocenters. The Bertz CT molecular complexity index is 796. The minimum atomic E-state index is 0.467. The number of rotatable bonds is 5. The Morgan fingerprint density at radius 3 is 2.74 bits per heavy atom. The average Bonchev–Trinajstić information content (AvgIpc) is 3.46. The van der Waals surface area contributed by atoms with Crippen molar-refractivity contribution >= 4 is 29.1 Å². The van der Waals surface area contributed by atoms with Crippen LogP contribution in [0.15, 0.2) is 36.4 Å². The molecule has 2 aromatic rings. The SMILES string of the molecule is C[C@@H]1CCCN(c2cc(Oc3ccccc3)nc(NC(=S)NC3CC3)n2)C1. The number of hydrogen-bond donors (Lipinski definition) is 2. The molecular weight excluding hydrogens is 358 g/mol. The van der Waals surface area contributed by atoms with Gasteiger partial charge in [0.15, 0.2) is 5.11 Å². The standard InChI is InChI=1S/C20H25N5OS/c1-14-6-5-11-25(13-14)17-12-18(26-16-7-3-2-4-8-16)23-19(22-17)24-20(27)21-15-9-10-15/h2-4,7-8,12,14-15H,5-6,9-11,13H2,1H3,(H2,21,22,23,24,27)/t14-/m1/s1. The molecule has 1 saturated heterocycles. The lowest BCUT2D eigenvalue weighted by Gasteiger charge is -2.32. The minimum absolute atomic E-state index is 0.467. The Kier molecular flexibility index (Phi) is 5.38. The van der Waals surface area contributed by atoms with E-state index in [1.165, 1.54) is 12.8 Å². The van der Waals surface area contributed by atoms with E-state index in [0.29, 0.717) is 28.9 Å². The Balaban J connectivity index is 1.57. The Hall–Kier alpha value is -2.41. The molecule has 2 fully saturated rings. The second kappa shape index (κ2) is 8.08. The summed E-state index contributed by atoms with van der Waals surface area (Å²) >= 11 is 5.39. The quantitative estimate of drug-likeness (QED) is 0.758. The zero-order valence-electron chi connectivity index (χ0n) is 15.5. The lowest BCUT2D eigenvalue weighted by atomic mass is 10.0. The third-order valence-corrected chi connectivity index (χ3v) is 4.99. The molecule has 4 rings (SSSR count). The van der Waals surface area contributed by atoms with Crippen molar-refractivity contribution in [2.75, 3.05) is 23.3 Å². The smallest absolute Gasteiger partial charge is 0.234 e. The first kappa shape index (κ1) is 18.0. The third-order valence-electron chi connectivity index (χ3n) is 4.77. The summed E-state index contributed by atoms with van der Waals surface area (Å²) in [5, 5.41) is 6.95. The first-order valence-corrected chi connectivity index (χ1v) is 10.0. The van der Waals surface area contributed by atoms with Crippen LogP contribution < -0.4 is 20.3 Å². The van der Waals surface area contributed by atoms with Crippen LogP contribution in [-0.2, 0) is 0 Å². The molecule has 1 aromatic heterocycles. The van der Waals surface area contributed by atoms with Gasteiger partial charge in [0.1, 0.15) is 11.6 Å². The molecule has 1 aromatic carbocycles. The molecule has 2 N–H and O–H groups in total. The van der Waals surface area contributed by atoms with E-state index in [1.54, 1.807) is 0 Å². The van der Waals surface area contributed by atoms with E-state index in [1.807, 2.05) is 36.4 Å². The summed E-state index contributed by atoms with van der Waals surface area (Å²) in [6, 6.07) is 12.1. The molecule has 1 saturated carbocycles. The molecule has 6 nitrogen and oxygen atoms in total. The van der Waals surface area contributed by atoms with Gasteiger partial charge in [-0.25, -0.2) is 0 Å². The van der Waals surface area contributed by atoms with Crippen molar-refractivity contribution in [2.45, 2.75) is 38.6 Å². The number of hydrogen-bond acceptors (Lipinski definition) is 5. The molecule has 0 amide bonds. The molecule has 0 bridgehead atoms.